The lowest BCUT2D eigenvalue weighted by atomic mass is 10.3. The number of carbonyl (C=O) groups excluding carboxylic acids is 1. The molecular formula is C6H13NO3. The maximum atomic E-state index is 10.6. The molecule has 60 valence electrons. The van der Waals surface area contributed by atoms with Gasteiger partial charge in [0.1, 0.15) is 0 Å². The Balaban J connectivity index is 3.05. The van der Waals surface area contributed by atoms with Gasteiger partial charge < -0.3 is 9.94 Å². The average Bonchev–Trinajstić information content (AvgIpc) is 1.89. The fraction of sp³-hybridized carbons (Fsp3) is 0.833. The molecule has 0 aliphatic carbocycles. The second kappa shape index (κ2) is 6.51. The molecule has 4 nitrogen and oxygen atoms in total. The first-order chi connectivity index (χ1) is 4.81. The number of hydroxylamine groups is 1. The van der Waals surface area contributed by atoms with Crippen LogP contribution in [0.5, 0.6) is 0 Å². The summed E-state index contributed by atoms with van der Waals surface area (Å²) in [5, 5.41) is 8.26. The van der Waals surface area contributed by atoms with Crippen LogP contribution < -0.4 is 5.48 Å². The molecule has 0 unspecified atom stereocenters. The van der Waals surface area contributed by atoms with E-state index in [9.17, 15) is 4.79 Å². The number of carbonyl (C=O) groups is 1. The summed E-state index contributed by atoms with van der Waals surface area (Å²) in [6.45, 7) is 2.15. The zero-order valence-corrected chi connectivity index (χ0v) is 6.09. The Morgan fingerprint density at radius 2 is 2.40 bits per heavy atom. The molecule has 0 rings (SSSR count). The monoisotopic (exact) mass is 147 g/mol. The van der Waals surface area contributed by atoms with Gasteiger partial charge >= 0.3 is 5.97 Å². The topological polar surface area (TPSA) is 58.6 Å². The van der Waals surface area contributed by atoms with Crippen molar-refractivity contribution in [1.29, 1.82) is 0 Å². The molecule has 0 fully saturated rings. The van der Waals surface area contributed by atoms with Gasteiger partial charge in [0.05, 0.1) is 13.2 Å². The zero-order chi connectivity index (χ0) is 7.82. The Labute approximate surface area is 60.1 Å². The van der Waals surface area contributed by atoms with E-state index in [1.54, 1.807) is 0 Å². The average molecular weight is 147 g/mol. The van der Waals surface area contributed by atoms with Crippen LogP contribution in [0, 0.1) is 0 Å². The molecule has 2 N–H and O–H groups in total. The van der Waals surface area contributed by atoms with Gasteiger partial charge in [-0.25, -0.2) is 0 Å². The number of rotatable bonds is 5. The first-order valence-corrected chi connectivity index (χ1v) is 3.34. The van der Waals surface area contributed by atoms with Crippen LogP contribution in [0.4, 0.5) is 0 Å². The molecule has 0 aliphatic rings. The van der Waals surface area contributed by atoms with Gasteiger partial charge in [-0.15, -0.1) is 0 Å². The minimum absolute atomic E-state index is 0.0284. The molecule has 0 aromatic heterocycles. The van der Waals surface area contributed by atoms with Gasteiger partial charge in [0.2, 0.25) is 0 Å². The lowest BCUT2D eigenvalue weighted by Gasteiger charge is -2.01. The van der Waals surface area contributed by atoms with Crippen LogP contribution in [0.25, 0.3) is 0 Å². The van der Waals surface area contributed by atoms with E-state index in [0.29, 0.717) is 6.42 Å². The molecule has 0 radical (unpaired) electrons. The summed E-state index contributed by atoms with van der Waals surface area (Å²) >= 11 is 0. The molecule has 0 saturated heterocycles. The van der Waals surface area contributed by atoms with Crippen molar-refractivity contribution in [3.05, 3.63) is 0 Å². The summed E-state index contributed by atoms with van der Waals surface area (Å²) in [7, 11) is 0. The SMILES string of the molecule is CCCC(=O)ONCCO. The van der Waals surface area contributed by atoms with Crippen molar-refractivity contribution < 1.29 is 14.7 Å². The minimum atomic E-state index is -0.282. The number of aliphatic hydroxyl groups excluding tert-OH is 1. The molecule has 4 heteroatoms. The normalized spacial score (nSPS) is 9.40. The van der Waals surface area contributed by atoms with Gasteiger partial charge in [0.15, 0.2) is 0 Å². The highest BCUT2D eigenvalue weighted by Gasteiger charge is 1.98. The highest BCUT2D eigenvalue weighted by atomic mass is 16.7. The molecule has 0 atom stereocenters. The fourth-order valence-electron chi connectivity index (χ4n) is 0.432. The number of nitrogens with one attached hydrogen (secondary N) is 1. The highest BCUT2D eigenvalue weighted by Crippen LogP contribution is 1.87. The van der Waals surface area contributed by atoms with Crippen LogP contribution in [0.15, 0.2) is 0 Å². The fourth-order valence-corrected chi connectivity index (χ4v) is 0.432. The van der Waals surface area contributed by atoms with Crippen molar-refractivity contribution in [3.63, 3.8) is 0 Å². The Morgan fingerprint density at radius 3 is 2.90 bits per heavy atom. The molecular weight excluding hydrogens is 134 g/mol. The van der Waals surface area contributed by atoms with E-state index in [-0.39, 0.29) is 19.1 Å². The van der Waals surface area contributed by atoms with Gasteiger partial charge in [-0.1, -0.05) is 6.92 Å². The van der Waals surface area contributed by atoms with E-state index < -0.39 is 0 Å². The van der Waals surface area contributed by atoms with Crippen molar-refractivity contribution in [3.8, 4) is 0 Å². The van der Waals surface area contributed by atoms with Crippen LogP contribution in [0.3, 0.4) is 0 Å². The Morgan fingerprint density at radius 1 is 1.70 bits per heavy atom. The van der Waals surface area contributed by atoms with Crippen molar-refractivity contribution >= 4 is 5.97 Å². The van der Waals surface area contributed by atoms with Crippen LogP contribution in [0.2, 0.25) is 0 Å². The van der Waals surface area contributed by atoms with Crippen molar-refractivity contribution in [1.82, 2.24) is 5.48 Å². The summed E-state index contributed by atoms with van der Waals surface area (Å²) in [4.78, 5) is 15.0. The van der Waals surface area contributed by atoms with E-state index in [4.69, 9.17) is 5.11 Å². The summed E-state index contributed by atoms with van der Waals surface area (Å²) in [5.74, 6) is -0.282. The number of hydrogen-bond donors (Lipinski definition) is 2. The minimum Gasteiger partial charge on any atom is -0.395 e. The molecule has 0 aromatic carbocycles. The Hall–Kier alpha value is -0.610. The van der Waals surface area contributed by atoms with E-state index in [1.807, 2.05) is 6.92 Å². The molecule has 0 saturated carbocycles. The first kappa shape index (κ1) is 9.39. The predicted octanol–water partition coefficient (Wildman–Crippen LogP) is -0.173. The van der Waals surface area contributed by atoms with Crippen molar-refractivity contribution in [2.45, 2.75) is 19.8 Å². The molecule has 0 amide bonds. The zero-order valence-electron chi connectivity index (χ0n) is 6.09. The Bertz CT molecular complexity index is 95.0. The third-order valence-corrected chi connectivity index (χ3v) is 0.854. The summed E-state index contributed by atoms with van der Waals surface area (Å²) in [6, 6.07) is 0. The molecule has 0 heterocycles. The second-order valence-corrected chi connectivity index (χ2v) is 1.84. The maximum absolute atomic E-state index is 10.6. The van der Waals surface area contributed by atoms with Gasteiger partial charge in [0, 0.05) is 6.42 Å². The van der Waals surface area contributed by atoms with Gasteiger partial charge in [0.25, 0.3) is 0 Å². The van der Waals surface area contributed by atoms with Gasteiger partial charge in [-0.3, -0.25) is 4.79 Å². The lowest BCUT2D eigenvalue weighted by molar-refractivity contribution is -0.151. The largest absolute Gasteiger partial charge is 0.395 e. The van der Waals surface area contributed by atoms with Gasteiger partial charge in [-0.2, -0.15) is 5.48 Å². The van der Waals surface area contributed by atoms with Crippen LogP contribution in [-0.4, -0.2) is 24.2 Å². The van der Waals surface area contributed by atoms with Crippen LogP contribution in [-0.2, 0) is 9.63 Å². The predicted molar refractivity (Wildman–Crippen MR) is 36.1 cm³/mol. The summed E-state index contributed by atoms with van der Waals surface area (Å²) in [5.41, 5.74) is 2.32. The highest BCUT2D eigenvalue weighted by molar-refractivity contribution is 5.68. The molecule has 0 aromatic rings. The van der Waals surface area contributed by atoms with Gasteiger partial charge in [-0.05, 0) is 6.42 Å². The maximum Gasteiger partial charge on any atom is 0.324 e. The van der Waals surface area contributed by atoms with Crippen molar-refractivity contribution in [2.24, 2.45) is 0 Å². The Kier molecular flexibility index (Phi) is 6.11. The lowest BCUT2D eigenvalue weighted by Crippen LogP contribution is -2.22. The number of aliphatic hydroxyl groups is 1. The smallest absolute Gasteiger partial charge is 0.324 e. The van der Waals surface area contributed by atoms with E-state index in [2.05, 4.69) is 10.3 Å². The third-order valence-electron chi connectivity index (χ3n) is 0.854. The molecule has 0 aliphatic heterocycles. The third kappa shape index (κ3) is 5.53. The van der Waals surface area contributed by atoms with Crippen LogP contribution in [0.1, 0.15) is 19.8 Å². The van der Waals surface area contributed by atoms with E-state index in [0.717, 1.165) is 6.42 Å². The molecule has 10 heavy (non-hydrogen) atoms. The summed E-state index contributed by atoms with van der Waals surface area (Å²) < 4.78 is 0. The van der Waals surface area contributed by atoms with Crippen LogP contribution >= 0.6 is 0 Å². The second-order valence-electron chi connectivity index (χ2n) is 1.84. The standard InChI is InChI=1S/C6H13NO3/c1-2-3-6(9)10-7-4-5-8/h7-8H,2-5H2,1H3. The number of hydrogen-bond acceptors (Lipinski definition) is 4. The molecule has 0 bridgehead atoms. The van der Waals surface area contributed by atoms with E-state index in [1.165, 1.54) is 0 Å². The van der Waals surface area contributed by atoms with Crippen molar-refractivity contribution in [2.75, 3.05) is 13.2 Å². The van der Waals surface area contributed by atoms with E-state index >= 15 is 0 Å². The molecule has 0 spiro atoms. The quantitative estimate of drug-likeness (QED) is 0.418. The first-order valence-electron chi connectivity index (χ1n) is 3.34. The summed E-state index contributed by atoms with van der Waals surface area (Å²) in [6.07, 6.45) is 1.19.